The van der Waals surface area contributed by atoms with E-state index in [4.69, 9.17) is 4.42 Å². The quantitative estimate of drug-likeness (QED) is 0.579. The number of hydrogen-bond acceptors (Lipinski definition) is 1. The zero-order valence-electron chi connectivity index (χ0n) is 6.23. The Morgan fingerprint density at radius 2 is 2.30 bits per heavy atom. The highest BCUT2D eigenvalue weighted by molar-refractivity contribution is 14.1. The van der Waals surface area contributed by atoms with Crippen molar-refractivity contribution in [3.05, 3.63) is 23.7 Å². The van der Waals surface area contributed by atoms with Gasteiger partial charge in [-0.25, -0.2) is 0 Å². The van der Waals surface area contributed by atoms with Crippen LogP contribution in [0.3, 0.4) is 0 Å². The van der Waals surface area contributed by atoms with Crippen molar-refractivity contribution in [2.45, 2.75) is 24.2 Å². The fourth-order valence-electron chi connectivity index (χ4n) is 0.770. The van der Waals surface area contributed by atoms with Crippen molar-refractivity contribution in [2.24, 2.45) is 0 Å². The Morgan fingerprint density at radius 1 is 1.60 bits per heavy atom. The molecular formula is C8H11IO. The summed E-state index contributed by atoms with van der Waals surface area (Å²) in [5, 5.41) is 0. The van der Waals surface area contributed by atoms with Gasteiger partial charge in [0.25, 0.3) is 0 Å². The zero-order valence-corrected chi connectivity index (χ0v) is 8.38. The van der Waals surface area contributed by atoms with Gasteiger partial charge in [-0.15, -0.1) is 0 Å². The van der Waals surface area contributed by atoms with Gasteiger partial charge in [0, 0.05) is 0 Å². The van der Waals surface area contributed by atoms with Crippen LogP contribution in [0.4, 0.5) is 0 Å². The zero-order chi connectivity index (χ0) is 7.56. The van der Waals surface area contributed by atoms with Gasteiger partial charge in [0.05, 0.1) is 10.7 Å². The minimum atomic E-state index is 0.584. The average Bonchev–Trinajstić information content (AvgIpc) is 2.34. The molecule has 0 spiro atoms. The Hall–Kier alpha value is 0.01000. The molecule has 1 heterocycles. The van der Waals surface area contributed by atoms with Gasteiger partial charge in [-0.2, -0.15) is 0 Å². The van der Waals surface area contributed by atoms with Gasteiger partial charge in [-0.05, 0) is 17.5 Å². The molecule has 0 bridgehead atoms. The SMILES string of the molecule is CC(C)c1coc(CI)c1. The van der Waals surface area contributed by atoms with Crippen LogP contribution in [-0.4, -0.2) is 0 Å². The Balaban J connectivity index is 2.78. The Bertz CT molecular complexity index is 203. The monoisotopic (exact) mass is 250 g/mol. The molecule has 1 aromatic rings. The van der Waals surface area contributed by atoms with Crippen LogP contribution in [0.5, 0.6) is 0 Å². The molecule has 1 nitrogen and oxygen atoms in total. The minimum Gasteiger partial charge on any atom is -0.468 e. The predicted molar refractivity (Wildman–Crippen MR) is 50.5 cm³/mol. The fraction of sp³-hybridized carbons (Fsp3) is 0.500. The van der Waals surface area contributed by atoms with E-state index in [2.05, 4.69) is 42.5 Å². The van der Waals surface area contributed by atoms with E-state index in [9.17, 15) is 0 Å². The van der Waals surface area contributed by atoms with Crippen molar-refractivity contribution in [2.75, 3.05) is 0 Å². The normalized spacial score (nSPS) is 10.8. The highest BCUT2D eigenvalue weighted by atomic mass is 127. The maximum Gasteiger partial charge on any atom is 0.113 e. The van der Waals surface area contributed by atoms with Crippen molar-refractivity contribution in [3.63, 3.8) is 0 Å². The van der Waals surface area contributed by atoms with Crippen molar-refractivity contribution in [1.82, 2.24) is 0 Å². The molecule has 0 saturated carbocycles. The Kier molecular flexibility index (Phi) is 2.77. The van der Waals surface area contributed by atoms with Crippen molar-refractivity contribution >= 4 is 22.6 Å². The van der Waals surface area contributed by atoms with Crippen LogP contribution in [0.2, 0.25) is 0 Å². The summed E-state index contributed by atoms with van der Waals surface area (Å²) in [6.07, 6.45) is 1.85. The van der Waals surface area contributed by atoms with Crippen molar-refractivity contribution < 1.29 is 4.42 Å². The molecule has 1 rings (SSSR count). The lowest BCUT2D eigenvalue weighted by atomic mass is 10.1. The summed E-state index contributed by atoms with van der Waals surface area (Å²) in [7, 11) is 0. The molecule has 0 unspecified atom stereocenters. The summed E-state index contributed by atoms with van der Waals surface area (Å²) in [5.41, 5.74) is 1.30. The molecule has 0 N–H and O–H groups in total. The van der Waals surface area contributed by atoms with E-state index in [1.54, 1.807) is 0 Å². The van der Waals surface area contributed by atoms with Gasteiger partial charge in [-0.3, -0.25) is 0 Å². The van der Waals surface area contributed by atoms with E-state index >= 15 is 0 Å². The van der Waals surface area contributed by atoms with Crippen LogP contribution in [0, 0.1) is 0 Å². The number of alkyl halides is 1. The van der Waals surface area contributed by atoms with Crippen LogP contribution in [-0.2, 0) is 4.43 Å². The molecule has 0 aliphatic carbocycles. The molecule has 0 saturated heterocycles. The summed E-state index contributed by atoms with van der Waals surface area (Å²) in [5.74, 6) is 1.66. The minimum absolute atomic E-state index is 0.584. The largest absolute Gasteiger partial charge is 0.468 e. The lowest BCUT2D eigenvalue weighted by molar-refractivity contribution is 0.529. The van der Waals surface area contributed by atoms with Gasteiger partial charge < -0.3 is 4.42 Å². The molecule has 0 aliphatic heterocycles. The number of halogens is 1. The second kappa shape index (κ2) is 3.42. The first-order valence-corrected chi connectivity index (χ1v) is 4.90. The molecule has 0 aliphatic rings. The summed E-state index contributed by atoms with van der Waals surface area (Å²) >= 11 is 2.30. The van der Waals surface area contributed by atoms with E-state index in [1.807, 2.05) is 6.26 Å². The molecule has 0 atom stereocenters. The molecule has 0 fully saturated rings. The second-order valence-corrected chi connectivity index (χ2v) is 3.40. The first-order valence-electron chi connectivity index (χ1n) is 3.37. The highest BCUT2D eigenvalue weighted by Crippen LogP contribution is 2.18. The van der Waals surface area contributed by atoms with E-state index in [-0.39, 0.29) is 0 Å². The van der Waals surface area contributed by atoms with Gasteiger partial charge >= 0.3 is 0 Å². The summed E-state index contributed by atoms with van der Waals surface area (Å²) in [6.45, 7) is 4.34. The fourth-order valence-corrected chi connectivity index (χ4v) is 1.17. The molecule has 56 valence electrons. The number of rotatable bonds is 2. The third kappa shape index (κ3) is 1.75. The molecular weight excluding hydrogens is 239 g/mol. The first kappa shape index (κ1) is 8.11. The van der Waals surface area contributed by atoms with Crippen LogP contribution >= 0.6 is 22.6 Å². The van der Waals surface area contributed by atoms with Gasteiger partial charge in [0.15, 0.2) is 0 Å². The smallest absolute Gasteiger partial charge is 0.113 e. The molecule has 0 radical (unpaired) electrons. The van der Waals surface area contributed by atoms with Crippen LogP contribution in [0.15, 0.2) is 16.7 Å². The first-order chi connectivity index (χ1) is 4.74. The predicted octanol–water partition coefficient (Wildman–Crippen LogP) is 3.34. The van der Waals surface area contributed by atoms with Crippen molar-refractivity contribution in [3.8, 4) is 0 Å². The average molecular weight is 250 g/mol. The molecule has 0 aromatic carbocycles. The molecule has 10 heavy (non-hydrogen) atoms. The standard InChI is InChI=1S/C8H11IO/c1-6(2)7-3-8(4-9)10-5-7/h3,5-6H,4H2,1-2H3. The number of hydrogen-bond donors (Lipinski definition) is 0. The van der Waals surface area contributed by atoms with Crippen LogP contribution in [0.1, 0.15) is 31.1 Å². The summed E-state index contributed by atoms with van der Waals surface area (Å²) < 4.78 is 6.23. The molecule has 1 aromatic heterocycles. The summed E-state index contributed by atoms with van der Waals surface area (Å²) in [6, 6.07) is 2.12. The van der Waals surface area contributed by atoms with E-state index in [1.165, 1.54) is 5.56 Å². The van der Waals surface area contributed by atoms with Crippen molar-refractivity contribution in [1.29, 1.82) is 0 Å². The van der Waals surface area contributed by atoms with E-state index in [0.29, 0.717) is 5.92 Å². The lowest BCUT2D eigenvalue weighted by Gasteiger charge is -1.95. The third-order valence-corrected chi connectivity index (χ3v) is 2.22. The molecule has 2 heteroatoms. The Morgan fingerprint density at radius 3 is 2.60 bits per heavy atom. The van der Waals surface area contributed by atoms with E-state index < -0.39 is 0 Å². The Labute approximate surface area is 74.9 Å². The molecule has 0 amide bonds. The van der Waals surface area contributed by atoms with Crippen LogP contribution < -0.4 is 0 Å². The highest BCUT2D eigenvalue weighted by Gasteiger charge is 2.02. The summed E-state index contributed by atoms with van der Waals surface area (Å²) in [4.78, 5) is 0. The maximum absolute atomic E-state index is 5.27. The third-order valence-electron chi connectivity index (χ3n) is 1.47. The lowest BCUT2D eigenvalue weighted by Crippen LogP contribution is -1.80. The number of furan rings is 1. The van der Waals surface area contributed by atoms with E-state index in [0.717, 1.165) is 10.2 Å². The topological polar surface area (TPSA) is 13.1 Å². The maximum atomic E-state index is 5.27. The van der Waals surface area contributed by atoms with Gasteiger partial charge in [-0.1, -0.05) is 36.4 Å². The van der Waals surface area contributed by atoms with Gasteiger partial charge in [0.1, 0.15) is 5.76 Å². The van der Waals surface area contributed by atoms with Gasteiger partial charge in [0.2, 0.25) is 0 Å². The van der Waals surface area contributed by atoms with Crippen LogP contribution in [0.25, 0.3) is 0 Å². The second-order valence-electron chi connectivity index (χ2n) is 2.63.